The molecule has 0 bridgehead atoms. The van der Waals surface area contributed by atoms with Crippen molar-refractivity contribution in [1.82, 2.24) is 9.78 Å². The highest BCUT2D eigenvalue weighted by molar-refractivity contribution is 5.95. The first kappa shape index (κ1) is 17.8. The van der Waals surface area contributed by atoms with E-state index >= 15 is 0 Å². The Balaban J connectivity index is 1.83. The summed E-state index contributed by atoms with van der Waals surface area (Å²) in [6.07, 6.45) is 1.03. The molecular weight excluding hydrogens is 324 g/mol. The van der Waals surface area contributed by atoms with Crippen LogP contribution in [0.5, 0.6) is 0 Å². The molecule has 3 aromatic rings. The molecule has 3 rings (SSSR count). The molecule has 0 unspecified atom stereocenters. The van der Waals surface area contributed by atoms with Gasteiger partial charge in [0, 0.05) is 17.2 Å². The Kier molecular flexibility index (Phi) is 5.42. The number of rotatable bonds is 6. The van der Waals surface area contributed by atoms with Gasteiger partial charge in [-0.2, -0.15) is 5.10 Å². The van der Waals surface area contributed by atoms with E-state index in [1.54, 1.807) is 30.3 Å². The van der Waals surface area contributed by atoms with Gasteiger partial charge in [-0.3, -0.25) is 9.59 Å². The van der Waals surface area contributed by atoms with Gasteiger partial charge in [0.15, 0.2) is 5.78 Å². The third-order valence-electron chi connectivity index (χ3n) is 4.15. The third kappa shape index (κ3) is 4.33. The molecule has 4 heteroatoms. The van der Waals surface area contributed by atoms with E-state index in [2.05, 4.69) is 31.1 Å². The maximum atomic E-state index is 12.4. The van der Waals surface area contributed by atoms with Crippen molar-refractivity contribution in [3.05, 3.63) is 88.2 Å². The lowest BCUT2D eigenvalue weighted by Crippen LogP contribution is -2.26. The zero-order valence-electron chi connectivity index (χ0n) is 15.1. The second-order valence-electron chi connectivity index (χ2n) is 6.80. The first-order chi connectivity index (χ1) is 12.5. The van der Waals surface area contributed by atoms with Crippen LogP contribution in [0.15, 0.2) is 71.5 Å². The van der Waals surface area contributed by atoms with Crippen molar-refractivity contribution in [2.75, 3.05) is 0 Å². The van der Waals surface area contributed by atoms with E-state index in [1.165, 1.54) is 16.3 Å². The van der Waals surface area contributed by atoms with Crippen LogP contribution in [0.2, 0.25) is 0 Å². The van der Waals surface area contributed by atoms with Gasteiger partial charge in [-0.15, -0.1) is 0 Å². The minimum absolute atomic E-state index is 0.0673. The minimum atomic E-state index is -0.283. The summed E-state index contributed by atoms with van der Waals surface area (Å²) in [5, 5.41) is 4.38. The van der Waals surface area contributed by atoms with Crippen LogP contribution in [-0.4, -0.2) is 15.6 Å². The second-order valence-corrected chi connectivity index (χ2v) is 6.80. The van der Waals surface area contributed by atoms with Gasteiger partial charge in [0.05, 0.1) is 5.69 Å². The number of carbonyl (C=O) groups excluding carboxylic acids is 1. The molecule has 0 spiro atoms. The van der Waals surface area contributed by atoms with Gasteiger partial charge in [-0.25, -0.2) is 4.68 Å². The lowest BCUT2D eigenvalue weighted by Gasteiger charge is -2.08. The summed E-state index contributed by atoms with van der Waals surface area (Å²) in [6, 6.07) is 20.3. The number of benzene rings is 2. The summed E-state index contributed by atoms with van der Waals surface area (Å²) >= 11 is 0. The SMILES string of the molecule is CC(C)Cc1ccc(-c2ccc(=O)n(CC(=O)c3ccccc3)n2)cc1. The van der Waals surface area contributed by atoms with Crippen molar-refractivity contribution in [3.63, 3.8) is 0 Å². The lowest BCUT2D eigenvalue weighted by molar-refractivity contribution is 0.0966. The van der Waals surface area contributed by atoms with Gasteiger partial charge >= 0.3 is 0 Å². The maximum Gasteiger partial charge on any atom is 0.267 e. The zero-order chi connectivity index (χ0) is 18.5. The lowest BCUT2D eigenvalue weighted by atomic mass is 10.0. The van der Waals surface area contributed by atoms with Crippen LogP contribution in [-0.2, 0) is 13.0 Å². The number of carbonyl (C=O) groups is 1. The Morgan fingerprint density at radius 1 is 0.962 bits per heavy atom. The number of aromatic nitrogens is 2. The summed E-state index contributed by atoms with van der Waals surface area (Å²) < 4.78 is 1.23. The second kappa shape index (κ2) is 7.91. The Morgan fingerprint density at radius 2 is 1.65 bits per heavy atom. The van der Waals surface area contributed by atoms with E-state index in [0.717, 1.165) is 12.0 Å². The molecular formula is C22H22N2O2. The van der Waals surface area contributed by atoms with Crippen LogP contribution in [0.3, 0.4) is 0 Å². The Labute approximate surface area is 153 Å². The van der Waals surface area contributed by atoms with E-state index < -0.39 is 0 Å². The number of nitrogens with zero attached hydrogens (tertiary/aromatic N) is 2. The molecule has 0 N–H and O–H groups in total. The molecule has 0 aliphatic rings. The van der Waals surface area contributed by atoms with Crippen molar-refractivity contribution in [3.8, 4) is 11.3 Å². The average Bonchev–Trinajstić information content (AvgIpc) is 2.64. The van der Waals surface area contributed by atoms with Gasteiger partial charge in [0.1, 0.15) is 6.54 Å². The molecule has 0 radical (unpaired) electrons. The van der Waals surface area contributed by atoms with E-state index in [1.807, 2.05) is 18.2 Å². The normalized spacial score (nSPS) is 10.9. The van der Waals surface area contributed by atoms with Crippen molar-refractivity contribution < 1.29 is 4.79 Å². The first-order valence-electron chi connectivity index (χ1n) is 8.78. The summed E-state index contributed by atoms with van der Waals surface area (Å²) in [6.45, 7) is 4.31. The fraction of sp³-hybridized carbons (Fsp3) is 0.227. The van der Waals surface area contributed by atoms with E-state index in [0.29, 0.717) is 17.2 Å². The molecule has 1 aromatic heterocycles. The maximum absolute atomic E-state index is 12.4. The molecule has 0 fully saturated rings. The molecule has 0 amide bonds. The quantitative estimate of drug-likeness (QED) is 0.634. The smallest absolute Gasteiger partial charge is 0.267 e. The fourth-order valence-corrected chi connectivity index (χ4v) is 2.85. The molecule has 1 heterocycles. The van der Waals surface area contributed by atoms with Gasteiger partial charge in [-0.05, 0) is 24.0 Å². The van der Waals surface area contributed by atoms with E-state index in [9.17, 15) is 9.59 Å². The molecule has 0 atom stereocenters. The van der Waals surface area contributed by atoms with Crippen molar-refractivity contribution in [2.45, 2.75) is 26.8 Å². The van der Waals surface area contributed by atoms with Crippen LogP contribution in [0.4, 0.5) is 0 Å². The van der Waals surface area contributed by atoms with Gasteiger partial charge in [0.2, 0.25) is 0 Å². The summed E-state index contributed by atoms with van der Waals surface area (Å²) in [7, 11) is 0. The zero-order valence-corrected chi connectivity index (χ0v) is 15.1. The predicted octanol–water partition coefficient (Wildman–Crippen LogP) is 3.99. The number of hydrogen-bond acceptors (Lipinski definition) is 3. The molecule has 0 aliphatic heterocycles. The molecule has 0 aliphatic carbocycles. The third-order valence-corrected chi connectivity index (χ3v) is 4.15. The van der Waals surface area contributed by atoms with Crippen LogP contribution in [0, 0.1) is 5.92 Å². The summed E-state index contributed by atoms with van der Waals surface area (Å²) in [4.78, 5) is 24.5. The van der Waals surface area contributed by atoms with Crippen LogP contribution in [0.1, 0.15) is 29.8 Å². The average molecular weight is 346 g/mol. The Hall–Kier alpha value is -3.01. The summed E-state index contributed by atoms with van der Waals surface area (Å²) in [5.74, 6) is 0.467. The van der Waals surface area contributed by atoms with Gasteiger partial charge in [0.25, 0.3) is 5.56 Å². The largest absolute Gasteiger partial charge is 0.292 e. The first-order valence-corrected chi connectivity index (χ1v) is 8.78. The van der Waals surface area contributed by atoms with E-state index in [-0.39, 0.29) is 17.9 Å². The molecule has 0 saturated heterocycles. The molecule has 2 aromatic carbocycles. The minimum Gasteiger partial charge on any atom is -0.292 e. The van der Waals surface area contributed by atoms with Gasteiger partial charge < -0.3 is 0 Å². The van der Waals surface area contributed by atoms with Gasteiger partial charge in [-0.1, -0.05) is 68.4 Å². The monoisotopic (exact) mass is 346 g/mol. The highest BCUT2D eigenvalue weighted by atomic mass is 16.1. The van der Waals surface area contributed by atoms with Crippen LogP contribution in [0.25, 0.3) is 11.3 Å². The predicted molar refractivity (Wildman–Crippen MR) is 103 cm³/mol. The highest BCUT2D eigenvalue weighted by Crippen LogP contribution is 2.18. The molecule has 132 valence electrons. The highest BCUT2D eigenvalue weighted by Gasteiger charge is 2.10. The molecule has 4 nitrogen and oxygen atoms in total. The standard InChI is InChI=1S/C22H22N2O2/c1-16(2)14-17-8-10-18(11-9-17)20-12-13-22(26)24(23-20)15-21(25)19-6-4-3-5-7-19/h3-13,16H,14-15H2,1-2H3. The van der Waals surface area contributed by atoms with Crippen molar-refractivity contribution in [2.24, 2.45) is 5.92 Å². The summed E-state index contributed by atoms with van der Waals surface area (Å²) in [5.41, 5.74) is 3.18. The van der Waals surface area contributed by atoms with Crippen molar-refractivity contribution in [1.29, 1.82) is 0 Å². The van der Waals surface area contributed by atoms with Crippen molar-refractivity contribution >= 4 is 5.78 Å². The number of Topliss-reactive ketones (excluding diaryl/α,β-unsaturated/α-hetero) is 1. The van der Waals surface area contributed by atoms with Crippen LogP contribution < -0.4 is 5.56 Å². The Morgan fingerprint density at radius 3 is 2.31 bits per heavy atom. The van der Waals surface area contributed by atoms with E-state index in [4.69, 9.17) is 0 Å². The van der Waals surface area contributed by atoms with Crippen LogP contribution >= 0.6 is 0 Å². The topological polar surface area (TPSA) is 52.0 Å². The number of ketones is 1. The fourth-order valence-electron chi connectivity index (χ4n) is 2.85. The molecule has 0 saturated carbocycles. The Bertz CT molecular complexity index is 942. The number of hydrogen-bond donors (Lipinski definition) is 0. The molecule has 26 heavy (non-hydrogen) atoms.